The first-order chi connectivity index (χ1) is 34.8. The number of unbranched alkanes of at least 4 members (excludes halogenated alkanes) is 20. The van der Waals surface area contributed by atoms with Gasteiger partial charge in [-0.1, -0.05) is 156 Å². The molecule has 0 radical (unpaired) electrons. The molecule has 0 saturated heterocycles. The molecule has 0 rings (SSSR count). The van der Waals surface area contributed by atoms with E-state index in [0.29, 0.717) is 51.5 Å². The minimum atomic E-state index is -1.28. The van der Waals surface area contributed by atoms with Gasteiger partial charge in [0.1, 0.15) is 38.6 Å². The molecule has 0 bridgehead atoms. The molecule has 15 heteroatoms. The van der Waals surface area contributed by atoms with Crippen LogP contribution in [0.4, 0.5) is 0 Å². The molecule has 0 amide bonds. The Hall–Kier alpha value is -3.30. The van der Waals surface area contributed by atoms with Gasteiger partial charge in [0.05, 0.1) is 0 Å². The molecule has 0 heterocycles. The third-order valence-corrected chi connectivity index (χ3v) is 12.5. The third-order valence-electron chi connectivity index (χ3n) is 12.5. The Labute approximate surface area is 436 Å². The van der Waals surface area contributed by atoms with Crippen LogP contribution in [0.3, 0.4) is 0 Å². The molecule has 2 atom stereocenters. The average molecular weight is 1030 g/mol. The smallest absolute Gasteiger partial charge is 0.306 e. The van der Waals surface area contributed by atoms with Crippen molar-refractivity contribution in [3.05, 3.63) is 0 Å². The Morgan fingerprint density at radius 2 is 0.653 bits per heavy atom. The zero-order valence-corrected chi connectivity index (χ0v) is 46.5. The lowest BCUT2D eigenvalue weighted by Gasteiger charge is -2.23. The molecule has 15 nitrogen and oxygen atoms in total. The summed E-state index contributed by atoms with van der Waals surface area (Å²) >= 11 is 0. The first-order valence-electron chi connectivity index (χ1n) is 28.8. The number of carbonyl (C=O) groups is 6. The fourth-order valence-corrected chi connectivity index (χ4v) is 8.05. The van der Waals surface area contributed by atoms with Crippen molar-refractivity contribution in [2.24, 2.45) is 0 Å². The largest absolute Gasteiger partial charge is 0.463 e. The van der Waals surface area contributed by atoms with E-state index < -0.39 is 42.5 Å². The van der Waals surface area contributed by atoms with Crippen molar-refractivity contribution in [2.45, 2.75) is 283 Å². The molecule has 0 saturated carbocycles. The van der Waals surface area contributed by atoms with Crippen LogP contribution in [0.15, 0.2) is 0 Å². The van der Waals surface area contributed by atoms with Crippen molar-refractivity contribution in [1.29, 1.82) is 0 Å². The lowest BCUT2D eigenvalue weighted by atomic mass is 10.1. The zero-order valence-electron chi connectivity index (χ0n) is 46.5. The summed E-state index contributed by atoms with van der Waals surface area (Å²) < 4.78 is 39.5. The predicted octanol–water partition coefficient (Wildman–Crippen LogP) is 12.4. The highest BCUT2D eigenvalue weighted by molar-refractivity contribution is 5.72. The van der Waals surface area contributed by atoms with Crippen LogP contribution in [0.5, 0.6) is 0 Å². The third kappa shape index (κ3) is 46.5. The summed E-state index contributed by atoms with van der Waals surface area (Å²) in [4.78, 5) is 78.5. The van der Waals surface area contributed by atoms with E-state index >= 15 is 0 Å². The molecule has 72 heavy (non-hydrogen) atoms. The quantitative estimate of drug-likeness (QED) is 0.0262. The number of ether oxygens (including phenoxy) is 7. The SMILES string of the molecule is CCCCCCCCC(=O)OCC(COC(=O)CCCCCCCC)OC(=O)CCCC(CCCC(O)OC(COC(=O)CCCCCCCC)COC(=O)CCCCCCCC)OC(=O)CCCN(C)C. The zero-order chi connectivity index (χ0) is 53.3. The molecule has 0 aliphatic carbocycles. The standard InChI is InChI=1S/C57H105NO14/c1-7-11-15-19-23-27-36-51(59)66-44-49(45-67-52(60)37-28-24-20-16-12-8-2)71-55(63)40-31-34-48(70-57(65)42-33-43-58(5)6)35-32-41-56(64)72-50(46-68-53(61)38-29-25-21-17-13-9-3)47-69-54(62)39-30-26-22-18-14-10-4/h48-50,55,63H,7-47H2,1-6H3. The lowest BCUT2D eigenvalue weighted by molar-refractivity contribution is -0.183. The van der Waals surface area contributed by atoms with E-state index in [9.17, 15) is 33.9 Å². The van der Waals surface area contributed by atoms with Gasteiger partial charge in [-0.25, -0.2) is 0 Å². The van der Waals surface area contributed by atoms with Gasteiger partial charge in [0.25, 0.3) is 0 Å². The van der Waals surface area contributed by atoms with Gasteiger partial charge in [-0.05, 0) is 84.8 Å². The Morgan fingerprint density at radius 3 is 1.03 bits per heavy atom. The number of aliphatic hydroxyl groups excluding tert-OH is 1. The van der Waals surface area contributed by atoms with E-state index in [0.717, 1.165) is 116 Å². The van der Waals surface area contributed by atoms with Crippen LogP contribution in [-0.2, 0) is 61.9 Å². The average Bonchev–Trinajstić information content (AvgIpc) is 3.34. The second-order valence-electron chi connectivity index (χ2n) is 20.0. The van der Waals surface area contributed by atoms with E-state index in [-0.39, 0.29) is 89.3 Å². The Kier molecular flexibility index (Phi) is 47.6. The monoisotopic (exact) mass is 1030 g/mol. The van der Waals surface area contributed by atoms with Crippen LogP contribution in [0.2, 0.25) is 0 Å². The highest BCUT2D eigenvalue weighted by Gasteiger charge is 2.23. The first-order valence-corrected chi connectivity index (χ1v) is 28.8. The predicted molar refractivity (Wildman–Crippen MR) is 282 cm³/mol. The molecule has 0 spiro atoms. The minimum absolute atomic E-state index is 0.0227. The van der Waals surface area contributed by atoms with E-state index in [1.165, 1.54) is 25.7 Å². The molecule has 0 aliphatic heterocycles. The molecular formula is C57H105NO14. The van der Waals surface area contributed by atoms with Gasteiger partial charge in [-0.3, -0.25) is 28.8 Å². The lowest BCUT2D eigenvalue weighted by Crippen LogP contribution is -2.32. The number of esters is 6. The van der Waals surface area contributed by atoms with Gasteiger partial charge in [0.15, 0.2) is 12.4 Å². The number of rotatable bonds is 52. The topological polar surface area (TPSA) is 190 Å². The van der Waals surface area contributed by atoms with Gasteiger partial charge in [-0.2, -0.15) is 0 Å². The molecule has 1 N–H and O–H groups in total. The van der Waals surface area contributed by atoms with Crippen molar-refractivity contribution in [3.63, 3.8) is 0 Å². The van der Waals surface area contributed by atoms with Crippen molar-refractivity contribution < 1.29 is 67.0 Å². The van der Waals surface area contributed by atoms with E-state index in [1.54, 1.807) is 0 Å². The van der Waals surface area contributed by atoms with Gasteiger partial charge in [0, 0.05) is 38.5 Å². The highest BCUT2D eigenvalue weighted by atomic mass is 16.6. The fourth-order valence-electron chi connectivity index (χ4n) is 8.05. The summed E-state index contributed by atoms with van der Waals surface area (Å²) in [5.74, 6) is -2.45. The summed E-state index contributed by atoms with van der Waals surface area (Å²) in [5, 5.41) is 11.0. The maximum Gasteiger partial charge on any atom is 0.306 e. The molecule has 0 aromatic rings. The van der Waals surface area contributed by atoms with Crippen molar-refractivity contribution in [1.82, 2.24) is 4.90 Å². The van der Waals surface area contributed by atoms with Gasteiger partial charge in [0.2, 0.25) is 0 Å². The maximum atomic E-state index is 13.2. The minimum Gasteiger partial charge on any atom is -0.463 e. The Bertz CT molecular complexity index is 1280. The summed E-state index contributed by atoms with van der Waals surface area (Å²) in [6, 6.07) is 0. The van der Waals surface area contributed by atoms with E-state index in [2.05, 4.69) is 27.7 Å². The van der Waals surface area contributed by atoms with Crippen LogP contribution in [0.25, 0.3) is 0 Å². The number of nitrogens with zero attached hydrogens (tertiary/aromatic N) is 1. The summed E-state index contributed by atoms with van der Waals surface area (Å²) in [5.41, 5.74) is 0. The fraction of sp³-hybridized carbons (Fsp3) is 0.895. The van der Waals surface area contributed by atoms with Gasteiger partial charge >= 0.3 is 35.8 Å². The van der Waals surface area contributed by atoms with E-state index in [4.69, 9.17) is 33.2 Å². The van der Waals surface area contributed by atoms with Gasteiger partial charge in [-0.15, -0.1) is 0 Å². The number of carbonyl (C=O) groups excluding carboxylic acids is 6. The maximum absolute atomic E-state index is 13.2. The first kappa shape index (κ1) is 68.7. The molecule has 0 aromatic heterocycles. The van der Waals surface area contributed by atoms with Crippen molar-refractivity contribution in [3.8, 4) is 0 Å². The Morgan fingerprint density at radius 1 is 0.347 bits per heavy atom. The molecule has 0 aromatic carbocycles. The normalized spacial score (nSPS) is 12.2. The highest BCUT2D eigenvalue weighted by Crippen LogP contribution is 2.18. The Balaban J connectivity index is 5.54. The molecule has 2 unspecified atom stereocenters. The van der Waals surface area contributed by atoms with E-state index in [1.807, 2.05) is 19.0 Å². The van der Waals surface area contributed by atoms with Crippen LogP contribution in [-0.4, -0.2) is 117 Å². The van der Waals surface area contributed by atoms with Crippen LogP contribution >= 0.6 is 0 Å². The molecule has 0 fully saturated rings. The summed E-state index contributed by atoms with van der Waals surface area (Å²) in [6.45, 7) is 8.52. The second kappa shape index (κ2) is 49.9. The van der Waals surface area contributed by atoms with Crippen LogP contribution in [0, 0.1) is 0 Å². The van der Waals surface area contributed by atoms with Crippen molar-refractivity contribution in [2.75, 3.05) is 47.1 Å². The summed E-state index contributed by atoms with van der Waals surface area (Å²) in [7, 11) is 3.86. The van der Waals surface area contributed by atoms with Crippen LogP contribution in [0.1, 0.15) is 259 Å². The molecule has 0 aliphatic rings. The molecular weight excluding hydrogens is 923 g/mol. The number of aliphatic hydroxyl groups is 1. The second-order valence-corrected chi connectivity index (χ2v) is 20.0. The summed E-state index contributed by atoms with van der Waals surface area (Å²) in [6.07, 6.45) is 24.4. The molecule has 422 valence electrons. The van der Waals surface area contributed by atoms with Crippen LogP contribution < -0.4 is 0 Å². The van der Waals surface area contributed by atoms with Crippen molar-refractivity contribution >= 4 is 35.8 Å². The number of hydrogen-bond donors (Lipinski definition) is 1. The number of hydrogen-bond acceptors (Lipinski definition) is 15. The van der Waals surface area contributed by atoms with Gasteiger partial charge < -0.3 is 43.2 Å².